The summed E-state index contributed by atoms with van der Waals surface area (Å²) >= 11 is 0. The standard InChI is InChI=1S/C18H21N5O2/c1-4-25-18(24)23-15-8-13-16(17(19)22-15)21-14(9-20-13)12-6-5-10(2)11(3)7-12/h5-8,20H,4,9H2,1-3H3,(H3,19,22,23,24). The van der Waals surface area contributed by atoms with E-state index in [9.17, 15) is 4.79 Å². The Kier molecular flexibility index (Phi) is 4.56. The van der Waals surface area contributed by atoms with Crippen LogP contribution in [0.15, 0.2) is 29.3 Å². The van der Waals surface area contributed by atoms with E-state index in [0.717, 1.165) is 17.0 Å². The summed E-state index contributed by atoms with van der Waals surface area (Å²) in [7, 11) is 0. The number of aromatic nitrogens is 1. The number of nitrogens with one attached hydrogen (secondary N) is 2. The molecule has 4 N–H and O–H groups in total. The SMILES string of the molecule is CCOC(=O)Nc1cc2c(c(N)n1)N=C(c1ccc(C)c(C)c1)CN2. The molecule has 3 rings (SSSR count). The lowest BCUT2D eigenvalue weighted by Crippen LogP contribution is -2.21. The molecule has 130 valence electrons. The number of aryl methyl sites for hydroxylation is 2. The van der Waals surface area contributed by atoms with Gasteiger partial charge in [0.15, 0.2) is 5.82 Å². The van der Waals surface area contributed by atoms with Crippen molar-refractivity contribution in [3.63, 3.8) is 0 Å². The number of pyridine rings is 1. The highest BCUT2D eigenvalue weighted by Crippen LogP contribution is 2.35. The molecule has 0 aliphatic carbocycles. The number of nitrogens with two attached hydrogens (primary N) is 1. The zero-order chi connectivity index (χ0) is 18.0. The second-order valence-electron chi connectivity index (χ2n) is 5.85. The van der Waals surface area contributed by atoms with Crippen LogP contribution in [0.5, 0.6) is 0 Å². The minimum absolute atomic E-state index is 0.248. The summed E-state index contributed by atoms with van der Waals surface area (Å²) in [5.41, 5.74) is 11.7. The van der Waals surface area contributed by atoms with E-state index in [2.05, 4.69) is 46.6 Å². The van der Waals surface area contributed by atoms with Gasteiger partial charge in [-0.3, -0.25) is 5.32 Å². The Labute approximate surface area is 146 Å². The number of rotatable bonds is 3. The van der Waals surface area contributed by atoms with Crippen LogP contribution >= 0.6 is 0 Å². The van der Waals surface area contributed by atoms with Gasteiger partial charge in [0.2, 0.25) is 0 Å². The van der Waals surface area contributed by atoms with Crippen LogP contribution in [0.4, 0.5) is 27.8 Å². The number of benzene rings is 1. The monoisotopic (exact) mass is 339 g/mol. The normalized spacial score (nSPS) is 12.7. The molecule has 0 bridgehead atoms. The van der Waals surface area contributed by atoms with E-state index >= 15 is 0 Å². The maximum atomic E-state index is 11.5. The van der Waals surface area contributed by atoms with Crippen molar-refractivity contribution in [3.05, 3.63) is 41.0 Å². The van der Waals surface area contributed by atoms with E-state index in [0.29, 0.717) is 18.1 Å². The molecule has 0 spiro atoms. The van der Waals surface area contributed by atoms with Gasteiger partial charge >= 0.3 is 6.09 Å². The summed E-state index contributed by atoms with van der Waals surface area (Å²) in [6.45, 7) is 6.74. The Bertz CT molecular complexity index is 861. The third kappa shape index (κ3) is 3.55. The third-order valence-electron chi connectivity index (χ3n) is 4.06. The zero-order valence-corrected chi connectivity index (χ0v) is 14.5. The minimum Gasteiger partial charge on any atom is -0.450 e. The molecular weight excluding hydrogens is 318 g/mol. The number of anilines is 3. The molecule has 2 heterocycles. The maximum Gasteiger partial charge on any atom is 0.412 e. The van der Waals surface area contributed by atoms with E-state index in [1.54, 1.807) is 13.0 Å². The molecule has 7 nitrogen and oxygen atoms in total. The lowest BCUT2D eigenvalue weighted by Gasteiger charge is -2.20. The highest BCUT2D eigenvalue weighted by atomic mass is 16.5. The van der Waals surface area contributed by atoms with Crippen LogP contribution < -0.4 is 16.4 Å². The molecule has 1 aliphatic rings. The first kappa shape index (κ1) is 16.8. The van der Waals surface area contributed by atoms with Gasteiger partial charge in [0, 0.05) is 6.07 Å². The fourth-order valence-corrected chi connectivity index (χ4v) is 2.59. The average molecular weight is 339 g/mol. The Hall–Kier alpha value is -3.09. The lowest BCUT2D eigenvalue weighted by molar-refractivity contribution is 0.168. The first-order valence-corrected chi connectivity index (χ1v) is 8.11. The van der Waals surface area contributed by atoms with E-state index in [-0.39, 0.29) is 12.4 Å². The summed E-state index contributed by atoms with van der Waals surface area (Å²) in [6, 6.07) is 7.94. The number of nitrogen functional groups attached to an aromatic ring is 1. The van der Waals surface area contributed by atoms with Gasteiger partial charge < -0.3 is 15.8 Å². The van der Waals surface area contributed by atoms with Crippen LogP contribution in [0.2, 0.25) is 0 Å². The number of ether oxygens (including phenoxy) is 1. The largest absolute Gasteiger partial charge is 0.450 e. The molecule has 7 heteroatoms. The van der Waals surface area contributed by atoms with Crippen LogP contribution in [-0.4, -0.2) is 29.9 Å². The van der Waals surface area contributed by atoms with E-state index in [1.807, 2.05) is 6.07 Å². The molecule has 0 fully saturated rings. The quantitative estimate of drug-likeness (QED) is 0.795. The molecule has 0 atom stereocenters. The Balaban J connectivity index is 1.91. The van der Waals surface area contributed by atoms with Crippen molar-refractivity contribution in [3.8, 4) is 0 Å². The molecule has 2 aromatic rings. The van der Waals surface area contributed by atoms with Crippen LogP contribution in [0.3, 0.4) is 0 Å². The fraction of sp³-hybridized carbons (Fsp3) is 0.278. The van der Waals surface area contributed by atoms with Crippen LogP contribution in [0.1, 0.15) is 23.6 Å². The molecule has 1 aromatic heterocycles. The van der Waals surface area contributed by atoms with Crippen molar-refractivity contribution < 1.29 is 9.53 Å². The number of carbonyl (C=O) groups is 1. The van der Waals surface area contributed by atoms with E-state index in [1.165, 1.54) is 11.1 Å². The van der Waals surface area contributed by atoms with Crippen LogP contribution in [0.25, 0.3) is 0 Å². The van der Waals surface area contributed by atoms with E-state index in [4.69, 9.17) is 10.5 Å². The highest BCUT2D eigenvalue weighted by molar-refractivity contribution is 6.08. The number of hydrogen-bond acceptors (Lipinski definition) is 6. The Morgan fingerprint density at radius 2 is 2.12 bits per heavy atom. The zero-order valence-electron chi connectivity index (χ0n) is 14.5. The van der Waals surface area contributed by atoms with Crippen LogP contribution in [0, 0.1) is 13.8 Å². The highest BCUT2D eigenvalue weighted by Gasteiger charge is 2.18. The molecule has 25 heavy (non-hydrogen) atoms. The Morgan fingerprint density at radius 3 is 2.84 bits per heavy atom. The van der Waals surface area contributed by atoms with Gasteiger partial charge in [0.05, 0.1) is 24.6 Å². The predicted molar refractivity (Wildman–Crippen MR) is 99.9 cm³/mol. The van der Waals surface area contributed by atoms with Gasteiger partial charge in [-0.1, -0.05) is 12.1 Å². The van der Waals surface area contributed by atoms with Crippen molar-refractivity contribution in [2.45, 2.75) is 20.8 Å². The molecule has 0 saturated heterocycles. The number of hydrogen-bond donors (Lipinski definition) is 3. The molecule has 0 unspecified atom stereocenters. The van der Waals surface area contributed by atoms with Crippen molar-refractivity contribution >= 4 is 34.8 Å². The Morgan fingerprint density at radius 1 is 1.32 bits per heavy atom. The molecule has 1 amide bonds. The number of carbonyl (C=O) groups excluding carboxylic acids is 1. The summed E-state index contributed by atoms with van der Waals surface area (Å²) in [6.07, 6.45) is -0.565. The smallest absolute Gasteiger partial charge is 0.412 e. The topological polar surface area (TPSA) is 102 Å². The first-order chi connectivity index (χ1) is 12.0. The van der Waals surface area contributed by atoms with Gasteiger partial charge in [0.1, 0.15) is 11.5 Å². The van der Waals surface area contributed by atoms with Crippen LogP contribution in [-0.2, 0) is 4.74 Å². The van der Waals surface area contributed by atoms with Crippen molar-refractivity contribution in [2.24, 2.45) is 4.99 Å². The van der Waals surface area contributed by atoms with Gasteiger partial charge in [0.25, 0.3) is 0 Å². The number of fused-ring (bicyclic) bond motifs is 1. The number of amides is 1. The van der Waals surface area contributed by atoms with Crippen molar-refractivity contribution in [1.29, 1.82) is 0 Å². The maximum absolute atomic E-state index is 11.5. The molecule has 1 aromatic carbocycles. The number of aliphatic imine (C=N–C) groups is 1. The summed E-state index contributed by atoms with van der Waals surface area (Å²) in [5, 5.41) is 5.84. The predicted octanol–water partition coefficient (Wildman–Crippen LogP) is 3.40. The second-order valence-corrected chi connectivity index (χ2v) is 5.85. The first-order valence-electron chi connectivity index (χ1n) is 8.11. The molecular formula is C18H21N5O2. The number of nitrogens with zero attached hydrogens (tertiary/aromatic N) is 2. The summed E-state index contributed by atoms with van der Waals surface area (Å²) in [5.74, 6) is 0.574. The summed E-state index contributed by atoms with van der Waals surface area (Å²) < 4.78 is 4.85. The minimum atomic E-state index is -0.565. The van der Waals surface area contributed by atoms with Crippen molar-refractivity contribution in [1.82, 2.24) is 4.98 Å². The van der Waals surface area contributed by atoms with Crippen molar-refractivity contribution in [2.75, 3.05) is 29.5 Å². The average Bonchev–Trinajstić information content (AvgIpc) is 2.57. The molecule has 1 aliphatic heterocycles. The van der Waals surface area contributed by atoms with Gasteiger partial charge in [-0.2, -0.15) is 0 Å². The second kappa shape index (κ2) is 6.80. The van der Waals surface area contributed by atoms with Gasteiger partial charge in [-0.25, -0.2) is 14.8 Å². The fourth-order valence-electron chi connectivity index (χ4n) is 2.59. The third-order valence-corrected chi connectivity index (χ3v) is 4.06. The summed E-state index contributed by atoms with van der Waals surface area (Å²) in [4.78, 5) is 20.4. The van der Waals surface area contributed by atoms with E-state index < -0.39 is 6.09 Å². The van der Waals surface area contributed by atoms with Gasteiger partial charge in [-0.15, -0.1) is 0 Å². The molecule has 0 radical (unpaired) electrons. The van der Waals surface area contributed by atoms with Gasteiger partial charge in [-0.05, 0) is 43.5 Å². The molecule has 0 saturated carbocycles. The lowest BCUT2D eigenvalue weighted by atomic mass is 10.0.